The Morgan fingerprint density at radius 1 is 1.04 bits per heavy atom. The molecule has 0 bridgehead atoms. The van der Waals surface area contributed by atoms with Crippen molar-refractivity contribution in [1.82, 2.24) is 10.6 Å². The van der Waals surface area contributed by atoms with Crippen LogP contribution in [0.4, 0.5) is 4.39 Å². The van der Waals surface area contributed by atoms with E-state index in [0.717, 1.165) is 25.9 Å². The minimum Gasteiger partial charge on any atom is -0.351 e. The van der Waals surface area contributed by atoms with Gasteiger partial charge in [-0.05, 0) is 61.7 Å². The zero-order chi connectivity index (χ0) is 18.6. The molecular formula is C21H24ClFN2O2. The highest BCUT2D eigenvalue weighted by Crippen LogP contribution is 2.27. The van der Waals surface area contributed by atoms with Crippen molar-refractivity contribution in [1.29, 1.82) is 0 Å². The third-order valence-electron chi connectivity index (χ3n) is 5.01. The summed E-state index contributed by atoms with van der Waals surface area (Å²) in [6.07, 6.45) is 2.01. The lowest BCUT2D eigenvalue weighted by Crippen LogP contribution is -2.43. The Hall–Kier alpha value is -2.24. The molecule has 2 aromatic rings. The smallest absolute Gasteiger partial charge is 0.252 e. The Labute approximate surface area is 165 Å². The first-order valence-corrected chi connectivity index (χ1v) is 8.87. The normalized spacial score (nSPS) is 15.5. The predicted octanol–water partition coefficient (Wildman–Crippen LogP) is 3.60. The lowest BCUT2D eigenvalue weighted by atomic mass is 9.81. The summed E-state index contributed by atoms with van der Waals surface area (Å²) in [7, 11) is 0. The molecule has 0 radical (unpaired) electrons. The van der Waals surface area contributed by atoms with Crippen LogP contribution in [0.25, 0.3) is 0 Å². The van der Waals surface area contributed by atoms with Crippen molar-refractivity contribution in [3.63, 3.8) is 0 Å². The van der Waals surface area contributed by atoms with Crippen LogP contribution >= 0.6 is 12.4 Å². The Morgan fingerprint density at radius 3 is 2.26 bits per heavy atom. The Balaban J connectivity index is 0.00000261. The highest BCUT2D eigenvalue weighted by Gasteiger charge is 2.28. The second kappa shape index (κ2) is 9.11. The van der Waals surface area contributed by atoms with Gasteiger partial charge in [0, 0.05) is 17.7 Å². The number of benzene rings is 2. The molecule has 1 amide bonds. The van der Waals surface area contributed by atoms with Gasteiger partial charge in [-0.25, -0.2) is 4.39 Å². The van der Waals surface area contributed by atoms with E-state index in [-0.39, 0.29) is 29.5 Å². The molecule has 1 fully saturated rings. The molecule has 27 heavy (non-hydrogen) atoms. The maximum atomic E-state index is 13.1. The summed E-state index contributed by atoms with van der Waals surface area (Å²) in [6, 6.07) is 12.1. The summed E-state index contributed by atoms with van der Waals surface area (Å²) in [4.78, 5) is 25.4. The van der Waals surface area contributed by atoms with Crippen LogP contribution in [-0.2, 0) is 0 Å². The van der Waals surface area contributed by atoms with Gasteiger partial charge < -0.3 is 10.6 Å². The SMILES string of the molecule is CC1(CNC(=O)c2ccccc2C(=O)c2ccc(F)cc2)CCNCC1.Cl. The van der Waals surface area contributed by atoms with E-state index in [2.05, 4.69) is 17.6 Å². The highest BCUT2D eigenvalue weighted by molar-refractivity contribution is 6.15. The van der Waals surface area contributed by atoms with Gasteiger partial charge in [-0.2, -0.15) is 0 Å². The Kier molecular flexibility index (Phi) is 7.11. The third kappa shape index (κ3) is 5.15. The second-order valence-corrected chi connectivity index (χ2v) is 7.12. The van der Waals surface area contributed by atoms with Crippen LogP contribution in [-0.4, -0.2) is 31.3 Å². The van der Waals surface area contributed by atoms with Gasteiger partial charge in [-0.15, -0.1) is 12.4 Å². The van der Waals surface area contributed by atoms with Gasteiger partial charge in [0.25, 0.3) is 5.91 Å². The number of nitrogens with one attached hydrogen (secondary N) is 2. The summed E-state index contributed by atoms with van der Waals surface area (Å²) in [5.74, 6) is -0.942. The minimum atomic E-state index is -0.400. The van der Waals surface area contributed by atoms with E-state index in [9.17, 15) is 14.0 Å². The van der Waals surface area contributed by atoms with Gasteiger partial charge in [0.2, 0.25) is 0 Å². The molecule has 1 heterocycles. The summed E-state index contributed by atoms with van der Waals surface area (Å²) in [6.45, 7) is 4.65. The van der Waals surface area contributed by atoms with Gasteiger partial charge in [-0.3, -0.25) is 9.59 Å². The number of carbonyl (C=O) groups is 2. The third-order valence-corrected chi connectivity index (χ3v) is 5.01. The standard InChI is InChI=1S/C21H23FN2O2.ClH/c1-21(10-12-23-13-11-21)14-24-20(26)18-5-3-2-4-17(18)19(25)15-6-8-16(22)9-7-15;/h2-9,23H,10-14H2,1H3,(H,24,26);1H. The first-order chi connectivity index (χ1) is 12.5. The van der Waals surface area contributed by atoms with Crippen molar-refractivity contribution < 1.29 is 14.0 Å². The molecule has 0 aromatic heterocycles. The van der Waals surface area contributed by atoms with Gasteiger partial charge in [-0.1, -0.05) is 25.1 Å². The topological polar surface area (TPSA) is 58.2 Å². The molecule has 0 aliphatic carbocycles. The molecule has 0 atom stereocenters. The number of halogens is 2. The summed E-state index contributed by atoms with van der Waals surface area (Å²) < 4.78 is 13.1. The number of carbonyl (C=O) groups excluding carboxylic acids is 2. The van der Waals surface area contributed by atoms with Crippen LogP contribution in [0.3, 0.4) is 0 Å². The molecule has 4 nitrogen and oxygen atoms in total. The first-order valence-electron chi connectivity index (χ1n) is 8.87. The van der Waals surface area contributed by atoms with Crippen LogP contribution in [0, 0.1) is 11.2 Å². The molecule has 1 aliphatic heterocycles. The fourth-order valence-corrected chi connectivity index (χ4v) is 3.23. The average molecular weight is 391 g/mol. The monoisotopic (exact) mass is 390 g/mol. The summed E-state index contributed by atoms with van der Waals surface area (Å²) >= 11 is 0. The maximum Gasteiger partial charge on any atom is 0.252 e. The van der Waals surface area contributed by atoms with Gasteiger partial charge >= 0.3 is 0 Å². The molecule has 3 rings (SSSR count). The van der Waals surface area contributed by atoms with Crippen LogP contribution in [0.15, 0.2) is 48.5 Å². The van der Waals surface area contributed by atoms with E-state index in [1.54, 1.807) is 24.3 Å². The fourth-order valence-electron chi connectivity index (χ4n) is 3.23. The van der Waals surface area contributed by atoms with Crippen LogP contribution in [0.5, 0.6) is 0 Å². The largest absolute Gasteiger partial charge is 0.351 e. The van der Waals surface area contributed by atoms with E-state index >= 15 is 0 Å². The number of piperidine rings is 1. The van der Waals surface area contributed by atoms with E-state index in [1.807, 2.05) is 0 Å². The molecular weight excluding hydrogens is 367 g/mol. The summed E-state index contributed by atoms with van der Waals surface area (Å²) in [5.41, 5.74) is 1.10. The van der Waals surface area contributed by atoms with E-state index in [1.165, 1.54) is 24.3 Å². The molecule has 1 saturated heterocycles. The first kappa shape index (κ1) is 21.1. The lowest BCUT2D eigenvalue weighted by Gasteiger charge is -2.34. The summed E-state index contributed by atoms with van der Waals surface area (Å²) in [5, 5.41) is 6.31. The van der Waals surface area contributed by atoms with Crippen molar-refractivity contribution in [2.45, 2.75) is 19.8 Å². The zero-order valence-electron chi connectivity index (χ0n) is 15.3. The van der Waals surface area contributed by atoms with Crippen LogP contribution < -0.4 is 10.6 Å². The van der Waals surface area contributed by atoms with Gasteiger partial charge in [0.05, 0.1) is 5.56 Å². The number of amides is 1. The van der Waals surface area contributed by atoms with Crippen LogP contribution in [0.2, 0.25) is 0 Å². The number of rotatable bonds is 5. The Morgan fingerprint density at radius 2 is 1.63 bits per heavy atom. The molecule has 0 saturated carbocycles. The van der Waals surface area contributed by atoms with Crippen molar-refractivity contribution in [3.8, 4) is 0 Å². The average Bonchev–Trinajstić information content (AvgIpc) is 2.67. The lowest BCUT2D eigenvalue weighted by molar-refractivity contribution is 0.0913. The van der Waals surface area contributed by atoms with Crippen molar-refractivity contribution in [2.75, 3.05) is 19.6 Å². The van der Waals surface area contributed by atoms with Gasteiger partial charge in [0.1, 0.15) is 5.82 Å². The molecule has 1 aliphatic rings. The molecule has 0 spiro atoms. The minimum absolute atomic E-state index is 0. The fraction of sp³-hybridized carbons (Fsp3) is 0.333. The quantitative estimate of drug-likeness (QED) is 0.767. The van der Waals surface area contributed by atoms with E-state index < -0.39 is 5.82 Å². The van der Waals surface area contributed by atoms with Crippen LogP contribution in [0.1, 0.15) is 46.0 Å². The molecule has 2 aromatic carbocycles. The molecule has 6 heteroatoms. The maximum absolute atomic E-state index is 13.1. The van der Waals surface area contributed by atoms with Crippen molar-refractivity contribution >= 4 is 24.1 Å². The number of hydrogen-bond donors (Lipinski definition) is 2. The molecule has 144 valence electrons. The highest BCUT2D eigenvalue weighted by atomic mass is 35.5. The zero-order valence-corrected chi connectivity index (χ0v) is 16.1. The second-order valence-electron chi connectivity index (χ2n) is 7.12. The Bertz CT molecular complexity index is 802. The molecule has 2 N–H and O–H groups in total. The van der Waals surface area contributed by atoms with E-state index in [0.29, 0.717) is 23.2 Å². The van der Waals surface area contributed by atoms with Crippen molar-refractivity contribution in [2.24, 2.45) is 5.41 Å². The number of ketones is 1. The molecule has 0 unspecified atom stereocenters. The predicted molar refractivity (Wildman–Crippen MR) is 106 cm³/mol. The number of hydrogen-bond acceptors (Lipinski definition) is 3. The van der Waals surface area contributed by atoms with Gasteiger partial charge in [0.15, 0.2) is 5.78 Å². The van der Waals surface area contributed by atoms with E-state index in [4.69, 9.17) is 0 Å². The van der Waals surface area contributed by atoms with Crippen molar-refractivity contribution in [3.05, 3.63) is 71.0 Å².